The Morgan fingerprint density at radius 3 is 2.07 bits per heavy atom. The first-order chi connectivity index (χ1) is 14.5. The van der Waals surface area contributed by atoms with E-state index in [0.29, 0.717) is 6.54 Å². The fourth-order valence-electron chi connectivity index (χ4n) is 4.59. The number of carbonyl (C=O) groups excluding carboxylic acids is 1. The van der Waals surface area contributed by atoms with Crippen molar-refractivity contribution in [3.63, 3.8) is 0 Å². The van der Waals surface area contributed by atoms with Gasteiger partial charge in [-0.05, 0) is 23.6 Å². The molecule has 0 unspecified atom stereocenters. The Bertz CT molecular complexity index is 665. The molecule has 3 nitrogen and oxygen atoms in total. The molecule has 0 radical (unpaired) electrons. The monoisotopic (exact) mass is 412 g/mol. The zero-order valence-corrected chi connectivity index (χ0v) is 19.8. The minimum Gasteiger partial charge on any atom is -0.355 e. The van der Waals surface area contributed by atoms with Crippen LogP contribution in [0.3, 0.4) is 0 Å². The third-order valence-corrected chi connectivity index (χ3v) is 6.70. The van der Waals surface area contributed by atoms with Gasteiger partial charge in [0.25, 0.3) is 0 Å². The van der Waals surface area contributed by atoms with Crippen molar-refractivity contribution in [2.75, 3.05) is 11.4 Å². The van der Waals surface area contributed by atoms with Gasteiger partial charge in [-0.25, -0.2) is 0 Å². The number of amides is 1. The van der Waals surface area contributed by atoms with Crippen molar-refractivity contribution >= 4 is 12.1 Å². The minimum atomic E-state index is -0.0519. The van der Waals surface area contributed by atoms with Crippen LogP contribution in [-0.2, 0) is 16.8 Å². The quantitative estimate of drug-likeness (QED) is 0.229. The van der Waals surface area contributed by atoms with E-state index >= 15 is 0 Å². The lowest BCUT2D eigenvalue weighted by Crippen LogP contribution is -2.26. The van der Waals surface area contributed by atoms with E-state index in [1.807, 2.05) is 0 Å². The summed E-state index contributed by atoms with van der Waals surface area (Å²) >= 11 is 0. The van der Waals surface area contributed by atoms with E-state index in [2.05, 4.69) is 55.8 Å². The summed E-state index contributed by atoms with van der Waals surface area (Å²) in [6.07, 6.45) is 17.3. The van der Waals surface area contributed by atoms with Crippen molar-refractivity contribution in [3.8, 4) is 0 Å². The topological polar surface area (TPSA) is 32.3 Å². The third-order valence-electron chi connectivity index (χ3n) is 6.70. The Morgan fingerprint density at radius 2 is 1.50 bits per heavy atom. The fourth-order valence-corrected chi connectivity index (χ4v) is 4.59. The molecule has 0 saturated carbocycles. The van der Waals surface area contributed by atoms with Gasteiger partial charge in [0.1, 0.15) is 0 Å². The third kappa shape index (κ3) is 6.89. The maximum Gasteiger partial charge on any atom is 0.207 e. The maximum atomic E-state index is 10.6. The van der Waals surface area contributed by atoms with Gasteiger partial charge in [-0.1, -0.05) is 110 Å². The number of anilines is 1. The highest BCUT2D eigenvalue weighted by Crippen LogP contribution is 2.47. The summed E-state index contributed by atoms with van der Waals surface area (Å²) in [5.41, 5.74) is 4.92. The van der Waals surface area contributed by atoms with Gasteiger partial charge in [0.05, 0.1) is 0 Å². The van der Waals surface area contributed by atoms with E-state index in [0.717, 1.165) is 18.5 Å². The molecule has 0 saturated heterocycles. The van der Waals surface area contributed by atoms with Crippen molar-refractivity contribution in [2.24, 2.45) is 0 Å². The van der Waals surface area contributed by atoms with Crippen molar-refractivity contribution in [1.29, 1.82) is 0 Å². The summed E-state index contributed by atoms with van der Waals surface area (Å²) in [7, 11) is 0. The number of benzene rings is 1. The molecule has 168 valence electrons. The van der Waals surface area contributed by atoms with Crippen molar-refractivity contribution < 1.29 is 4.79 Å². The number of rotatable bonds is 16. The highest BCUT2D eigenvalue weighted by atomic mass is 16.1. The van der Waals surface area contributed by atoms with E-state index in [1.165, 1.54) is 94.0 Å². The molecule has 0 spiro atoms. The molecule has 2 rings (SSSR count). The summed E-state index contributed by atoms with van der Waals surface area (Å²) in [5.74, 6) is 0. The van der Waals surface area contributed by atoms with E-state index in [-0.39, 0.29) is 5.41 Å². The number of fused-ring (bicyclic) bond motifs is 1. The van der Waals surface area contributed by atoms with Gasteiger partial charge in [-0.3, -0.25) is 4.79 Å². The molecule has 0 atom stereocenters. The van der Waals surface area contributed by atoms with Gasteiger partial charge >= 0.3 is 0 Å². The van der Waals surface area contributed by atoms with Crippen molar-refractivity contribution in [3.05, 3.63) is 41.6 Å². The summed E-state index contributed by atoms with van der Waals surface area (Å²) in [4.78, 5) is 13.0. The van der Waals surface area contributed by atoms with Gasteiger partial charge < -0.3 is 10.2 Å². The second-order valence-electron chi connectivity index (χ2n) is 9.46. The molecular weight excluding hydrogens is 368 g/mol. The zero-order chi connectivity index (χ0) is 21.8. The zero-order valence-electron chi connectivity index (χ0n) is 19.8. The maximum absolute atomic E-state index is 10.6. The van der Waals surface area contributed by atoms with Crippen LogP contribution in [0.4, 0.5) is 5.69 Å². The number of hydrogen-bond donors (Lipinski definition) is 1. The highest BCUT2D eigenvalue weighted by molar-refractivity contribution is 5.70. The molecule has 1 aromatic carbocycles. The molecule has 0 aliphatic carbocycles. The SMILES string of the molecule is C=C1N(CCCCCCCCCCCCCC)c2ccc(CNC=O)cc2C1(C)C. The molecule has 1 aromatic rings. The van der Waals surface area contributed by atoms with Crippen molar-refractivity contribution in [1.82, 2.24) is 5.32 Å². The lowest BCUT2D eigenvalue weighted by molar-refractivity contribution is -0.109. The Kier molecular flexibility index (Phi) is 10.5. The van der Waals surface area contributed by atoms with Crippen LogP contribution < -0.4 is 10.2 Å². The normalized spacial score (nSPS) is 14.8. The summed E-state index contributed by atoms with van der Waals surface area (Å²) in [6.45, 7) is 12.9. The van der Waals surface area contributed by atoms with Gasteiger partial charge in [-0.2, -0.15) is 0 Å². The number of hydrogen-bond acceptors (Lipinski definition) is 2. The van der Waals surface area contributed by atoms with E-state index in [9.17, 15) is 4.79 Å². The molecule has 1 aliphatic rings. The molecule has 1 amide bonds. The molecule has 1 aliphatic heterocycles. The van der Waals surface area contributed by atoms with E-state index in [1.54, 1.807) is 0 Å². The van der Waals surface area contributed by atoms with Crippen LogP contribution in [0.2, 0.25) is 0 Å². The molecule has 0 bridgehead atoms. The van der Waals surface area contributed by atoms with Crippen LogP contribution >= 0.6 is 0 Å². The molecule has 0 aromatic heterocycles. The molecule has 0 fully saturated rings. The predicted octanol–water partition coefficient (Wildman–Crippen LogP) is 7.25. The van der Waals surface area contributed by atoms with Crippen molar-refractivity contribution in [2.45, 2.75) is 110 Å². The minimum absolute atomic E-state index is 0.0519. The Morgan fingerprint density at radius 1 is 0.933 bits per heavy atom. The first-order valence-corrected chi connectivity index (χ1v) is 12.3. The van der Waals surface area contributed by atoms with Gasteiger partial charge in [0.2, 0.25) is 6.41 Å². The van der Waals surface area contributed by atoms with E-state index in [4.69, 9.17) is 0 Å². The molecule has 3 heteroatoms. The summed E-state index contributed by atoms with van der Waals surface area (Å²) < 4.78 is 0. The fraction of sp³-hybridized carbons (Fsp3) is 0.667. The van der Waals surface area contributed by atoms with Gasteiger partial charge in [0, 0.05) is 29.9 Å². The standard InChI is InChI=1S/C27H44N2O/c1-5-6-7-8-9-10-11-12-13-14-15-16-19-29-23(2)27(3,4)25-20-24(21-28-22-30)17-18-26(25)29/h17-18,20,22H,2,5-16,19,21H2,1,3-4H3,(H,28,30). The first-order valence-electron chi connectivity index (χ1n) is 12.3. The molecular formula is C27H44N2O. The number of carbonyl (C=O) groups is 1. The summed E-state index contributed by atoms with van der Waals surface area (Å²) in [6, 6.07) is 6.57. The number of allylic oxidation sites excluding steroid dienone is 1. The van der Waals surface area contributed by atoms with Crippen LogP contribution in [0.5, 0.6) is 0 Å². The summed E-state index contributed by atoms with van der Waals surface area (Å²) in [5, 5.41) is 2.77. The van der Waals surface area contributed by atoms with Gasteiger partial charge in [-0.15, -0.1) is 0 Å². The average molecular weight is 413 g/mol. The lowest BCUT2D eigenvalue weighted by atomic mass is 9.84. The number of nitrogens with one attached hydrogen (secondary N) is 1. The van der Waals surface area contributed by atoms with Crippen LogP contribution in [0.25, 0.3) is 0 Å². The smallest absolute Gasteiger partial charge is 0.207 e. The molecule has 1 N–H and O–H groups in total. The molecule has 1 heterocycles. The van der Waals surface area contributed by atoms with Crippen LogP contribution in [0, 0.1) is 0 Å². The Hall–Kier alpha value is -1.77. The molecule has 30 heavy (non-hydrogen) atoms. The van der Waals surface area contributed by atoms with Crippen LogP contribution in [0.15, 0.2) is 30.5 Å². The van der Waals surface area contributed by atoms with Crippen LogP contribution in [0.1, 0.15) is 109 Å². The Labute approximate surface area is 185 Å². The number of nitrogens with zero attached hydrogens (tertiary/aromatic N) is 1. The van der Waals surface area contributed by atoms with E-state index < -0.39 is 0 Å². The average Bonchev–Trinajstić information content (AvgIpc) is 2.93. The lowest BCUT2D eigenvalue weighted by Gasteiger charge is -2.25. The highest BCUT2D eigenvalue weighted by Gasteiger charge is 2.38. The first kappa shape index (κ1) is 24.5. The second-order valence-corrected chi connectivity index (χ2v) is 9.46. The predicted molar refractivity (Wildman–Crippen MR) is 130 cm³/mol. The second kappa shape index (κ2) is 12.8. The largest absolute Gasteiger partial charge is 0.355 e. The Balaban J connectivity index is 1.69. The van der Waals surface area contributed by atoms with Crippen LogP contribution in [-0.4, -0.2) is 13.0 Å². The van der Waals surface area contributed by atoms with Gasteiger partial charge in [0.15, 0.2) is 0 Å². The number of unbranched alkanes of at least 4 members (excludes halogenated alkanes) is 11.